The predicted octanol–water partition coefficient (Wildman–Crippen LogP) is 1.43. The van der Waals surface area contributed by atoms with Gasteiger partial charge in [0.25, 0.3) is 5.91 Å². The van der Waals surface area contributed by atoms with Crippen LogP contribution in [0.4, 0.5) is 11.4 Å². The Labute approximate surface area is 127 Å². The fourth-order valence-electron chi connectivity index (χ4n) is 2.30. The molecule has 7 heteroatoms. The van der Waals surface area contributed by atoms with Gasteiger partial charge in [-0.15, -0.1) is 0 Å². The van der Waals surface area contributed by atoms with Crippen LogP contribution in [0.15, 0.2) is 58.4 Å². The molecule has 0 unspecified atom stereocenters. The Morgan fingerprint density at radius 1 is 1.05 bits per heavy atom. The zero-order valence-electron chi connectivity index (χ0n) is 11.7. The van der Waals surface area contributed by atoms with Crippen LogP contribution in [0.2, 0.25) is 0 Å². The maximum atomic E-state index is 12.3. The molecule has 0 radical (unpaired) electrons. The number of carbonyl (C=O) groups is 1. The molecule has 0 atom stereocenters. The minimum absolute atomic E-state index is 0.00622. The van der Waals surface area contributed by atoms with Gasteiger partial charge in [0, 0.05) is 12.6 Å². The first kappa shape index (κ1) is 14.4. The highest BCUT2D eigenvalue weighted by Crippen LogP contribution is 2.29. The van der Waals surface area contributed by atoms with E-state index in [0.717, 1.165) is 11.3 Å². The zero-order valence-corrected chi connectivity index (χ0v) is 12.5. The van der Waals surface area contributed by atoms with Crippen molar-refractivity contribution in [3.05, 3.63) is 54.1 Å². The lowest BCUT2D eigenvalue weighted by Gasteiger charge is -2.07. The van der Waals surface area contributed by atoms with Crippen LogP contribution in [0.1, 0.15) is 5.56 Å². The molecule has 1 aliphatic rings. The minimum Gasteiger partial charge on any atom is -0.309 e. The van der Waals surface area contributed by atoms with Crippen LogP contribution in [0.25, 0.3) is 0 Å². The van der Waals surface area contributed by atoms with Gasteiger partial charge in [0.2, 0.25) is 10.0 Å². The second-order valence-corrected chi connectivity index (χ2v) is 6.44. The molecule has 6 nitrogen and oxygen atoms in total. The summed E-state index contributed by atoms with van der Waals surface area (Å²) in [5, 5.41) is 5.05. The molecular weight excluding hydrogens is 302 g/mol. The van der Waals surface area contributed by atoms with E-state index >= 15 is 0 Å². The highest BCUT2D eigenvalue weighted by Gasteiger charge is 2.30. The van der Waals surface area contributed by atoms with Gasteiger partial charge in [-0.1, -0.05) is 18.2 Å². The Kier molecular flexibility index (Phi) is 3.31. The summed E-state index contributed by atoms with van der Waals surface area (Å²) in [7, 11) is -2.05. The maximum absolute atomic E-state index is 12.3. The molecule has 2 aromatic carbocycles. The SMILES string of the molecule is CN1C(=O)C(=Nc2ccc(S(N)(=O)=O)cc2)c2ccccc21. The molecule has 1 aliphatic heterocycles. The van der Waals surface area contributed by atoms with Crippen molar-refractivity contribution in [1.82, 2.24) is 0 Å². The molecule has 2 aromatic rings. The monoisotopic (exact) mass is 315 g/mol. The number of fused-ring (bicyclic) bond motifs is 1. The van der Waals surface area contributed by atoms with Gasteiger partial charge in [0.05, 0.1) is 16.3 Å². The average Bonchev–Trinajstić information content (AvgIpc) is 2.73. The smallest absolute Gasteiger partial charge is 0.277 e. The summed E-state index contributed by atoms with van der Waals surface area (Å²) in [6.45, 7) is 0. The first-order valence-electron chi connectivity index (χ1n) is 6.47. The quantitative estimate of drug-likeness (QED) is 0.908. The molecular formula is C15H13N3O3S. The Morgan fingerprint density at radius 3 is 2.32 bits per heavy atom. The molecule has 1 amide bonds. The van der Waals surface area contributed by atoms with Gasteiger partial charge < -0.3 is 4.90 Å². The number of hydrogen-bond acceptors (Lipinski definition) is 4. The number of aliphatic imine (C=N–C) groups is 1. The van der Waals surface area contributed by atoms with E-state index in [0.29, 0.717) is 11.4 Å². The molecule has 0 bridgehead atoms. The third-order valence-electron chi connectivity index (χ3n) is 3.43. The van der Waals surface area contributed by atoms with Crippen LogP contribution in [-0.4, -0.2) is 27.1 Å². The van der Waals surface area contributed by atoms with Gasteiger partial charge in [-0.05, 0) is 30.3 Å². The van der Waals surface area contributed by atoms with Crippen molar-refractivity contribution in [1.29, 1.82) is 0 Å². The molecule has 0 aliphatic carbocycles. The molecule has 22 heavy (non-hydrogen) atoms. The molecule has 0 aromatic heterocycles. The van der Waals surface area contributed by atoms with Gasteiger partial charge in [-0.25, -0.2) is 18.5 Å². The number of carbonyl (C=O) groups excluding carboxylic acids is 1. The second kappa shape index (κ2) is 5.04. The summed E-state index contributed by atoms with van der Waals surface area (Å²) in [4.78, 5) is 18.2. The van der Waals surface area contributed by atoms with Gasteiger partial charge in [0.1, 0.15) is 5.71 Å². The van der Waals surface area contributed by atoms with E-state index in [2.05, 4.69) is 4.99 Å². The van der Waals surface area contributed by atoms with Crippen LogP contribution in [-0.2, 0) is 14.8 Å². The average molecular weight is 315 g/mol. The van der Waals surface area contributed by atoms with Crippen LogP contribution in [0, 0.1) is 0 Å². The Hall–Kier alpha value is -2.51. The molecule has 0 fully saturated rings. The fraction of sp³-hybridized carbons (Fsp3) is 0.0667. The number of sulfonamides is 1. The first-order chi connectivity index (χ1) is 10.4. The molecule has 0 saturated heterocycles. The lowest BCUT2D eigenvalue weighted by Crippen LogP contribution is -2.25. The van der Waals surface area contributed by atoms with Crippen LogP contribution < -0.4 is 10.0 Å². The molecule has 0 saturated carbocycles. The molecule has 2 N–H and O–H groups in total. The van der Waals surface area contributed by atoms with Gasteiger partial charge in [-0.3, -0.25) is 4.79 Å². The molecule has 112 valence electrons. The van der Waals surface area contributed by atoms with E-state index in [1.165, 1.54) is 29.2 Å². The summed E-state index contributed by atoms with van der Waals surface area (Å²) in [5.74, 6) is -0.197. The number of amides is 1. The van der Waals surface area contributed by atoms with Crippen LogP contribution >= 0.6 is 0 Å². The number of benzene rings is 2. The van der Waals surface area contributed by atoms with Crippen molar-refractivity contribution in [2.45, 2.75) is 4.90 Å². The summed E-state index contributed by atoms with van der Waals surface area (Å²) in [6, 6.07) is 13.1. The van der Waals surface area contributed by atoms with Crippen molar-refractivity contribution in [3.8, 4) is 0 Å². The fourth-order valence-corrected chi connectivity index (χ4v) is 2.81. The number of anilines is 1. The van der Waals surface area contributed by atoms with Crippen LogP contribution in [0.3, 0.4) is 0 Å². The van der Waals surface area contributed by atoms with E-state index in [1.807, 2.05) is 24.3 Å². The summed E-state index contributed by atoms with van der Waals surface area (Å²) in [5.41, 5.74) is 2.38. The van der Waals surface area contributed by atoms with Crippen molar-refractivity contribution < 1.29 is 13.2 Å². The lowest BCUT2D eigenvalue weighted by molar-refractivity contribution is -0.111. The third-order valence-corrected chi connectivity index (χ3v) is 4.36. The van der Waals surface area contributed by atoms with E-state index in [4.69, 9.17) is 5.14 Å². The largest absolute Gasteiger partial charge is 0.309 e. The molecule has 3 rings (SSSR count). The number of hydrogen-bond donors (Lipinski definition) is 1. The first-order valence-corrected chi connectivity index (χ1v) is 8.01. The summed E-state index contributed by atoms with van der Waals surface area (Å²) in [6.07, 6.45) is 0. The number of rotatable bonds is 2. The number of likely N-dealkylation sites (N-methyl/N-ethyl adjacent to an activating group) is 1. The third kappa shape index (κ3) is 2.40. The molecule has 0 spiro atoms. The predicted molar refractivity (Wildman–Crippen MR) is 83.9 cm³/mol. The topological polar surface area (TPSA) is 92.8 Å². The van der Waals surface area contributed by atoms with Crippen molar-refractivity contribution in [2.24, 2.45) is 10.1 Å². The lowest BCUT2D eigenvalue weighted by atomic mass is 10.1. The van der Waals surface area contributed by atoms with Crippen molar-refractivity contribution in [3.63, 3.8) is 0 Å². The minimum atomic E-state index is -3.74. The van der Waals surface area contributed by atoms with E-state index in [1.54, 1.807) is 7.05 Å². The Morgan fingerprint density at radius 2 is 1.68 bits per heavy atom. The van der Waals surface area contributed by atoms with E-state index in [9.17, 15) is 13.2 Å². The molecule has 1 heterocycles. The zero-order chi connectivity index (χ0) is 15.9. The Bertz CT molecular complexity index is 887. The van der Waals surface area contributed by atoms with Crippen molar-refractivity contribution in [2.75, 3.05) is 11.9 Å². The normalized spacial score (nSPS) is 16.2. The summed E-state index contributed by atoms with van der Waals surface area (Å²) < 4.78 is 22.5. The van der Waals surface area contributed by atoms with Crippen LogP contribution in [0.5, 0.6) is 0 Å². The van der Waals surface area contributed by atoms with E-state index in [-0.39, 0.29) is 10.8 Å². The Balaban J connectivity index is 2.04. The number of nitrogens with zero attached hydrogens (tertiary/aromatic N) is 2. The number of nitrogens with two attached hydrogens (primary N) is 1. The maximum Gasteiger partial charge on any atom is 0.277 e. The summed E-state index contributed by atoms with van der Waals surface area (Å²) >= 11 is 0. The van der Waals surface area contributed by atoms with Gasteiger partial charge in [-0.2, -0.15) is 0 Å². The van der Waals surface area contributed by atoms with Gasteiger partial charge >= 0.3 is 0 Å². The number of para-hydroxylation sites is 1. The second-order valence-electron chi connectivity index (χ2n) is 4.88. The van der Waals surface area contributed by atoms with E-state index < -0.39 is 10.0 Å². The standard InChI is InChI=1S/C15H13N3O3S/c1-18-13-5-3-2-4-12(13)14(15(18)19)17-10-6-8-11(9-7-10)22(16,20)21/h2-9H,1H3,(H2,16,20,21). The highest BCUT2D eigenvalue weighted by molar-refractivity contribution is 7.89. The number of primary sulfonamides is 1. The van der Waals surface area contributed by atoms with Gasteiger partial charge in [0.15, 0.2) is 0 Å². The van der Waals surface area contributed by atoms with Crippen molar-refractivity contribution >= 4 is 33.0 Å². The highest BCUT2D eigenvalue weighted by atomic mass is 32.2.